The second kappa shape index (κ2) is 6.35. The first-order valence-corrected chi connectivity index (χ1v) is 6.20. The van der Waals surface area contributed by atoms with Crippen molar-refractivity contribution in [1.29, 1.82) is 0 Å². The van der Waals surface area contributed by atoms with Gasteiger partial charge in [0.15, 0.2) is 0 Å². The van der Waals surface area contributed by atoms with E-state index in [2.05, 4.69) is 17.2 Å². The van der Waals surface area contributed by atoms with Crippen LogP contribution in [0.1, 0.15) is 32.8 Å². The molecule has 0 aromatic heterocycles. The zero-order valence-corrected chi connectivity index (χ0v) is 11.5. The van der Waals surface area contributed by atoms with E-state index in [1.54, 1.807) is 0 Å². The second-order valence-electron chi connectivity index (χ2n) is 4.89. The average molecular weight is 262 g/mol. The molecule has 0 atom stereocenters. The first-order valence-electron chi connectivity index (χ1n) is 6.20. The molecular formula is C15H19FN2O. The Balaban J connectivity index is 3.04. The van der Waals surface area contributed by atoms with Crippen LogP contribution < -0.4 is 11.1 Å². The molecule has 0 fully saturated rings. The minimum absolute atomic E-state index is 0.114. The van der Waals surface area contributed by atoms with Gasteiger partial charge in [0.1, 0.15) is 5.82 Å². The Morgan fingerprint density at radius 1 is 1.47 bits per heavy atom. The normalized spacial score (nSPS) is 10.6. The van der Waals surface area contributed by atoms with Crippen molar-refractivity contribution in [1.82, 2.24) is 0 Å². The number of nitrogens with two attached hydrogens (primary N) is 1. The SMILES string of the molecule is CCC(C)(C)C(=O)Nc1ccc(F)cc1C#CCN. The maximum absolute atomic E-state index is 13.2. The van der Waals surface area contributed by atoms with Crippen LogP contribution in [0, 0.1) is 23.1 Å². The van der Waals surface area contributed by atoms with Gasteiger partial charge in [-0.2, -0.15) is 0 Å². The molecule has 1 rings (SSSR count). The predicted octanol–water partition coefficient (Wildman–Crippen LogP) is 2.51. The number of hydrogen-bond acceptors (Lipinski definition) is 2. The van der Waals surface area contributed by atoms with E-state index in [0.29, 0.717) is 17.7 Å². The number of rotatable bonds is 3. The van der Waals surface area contributed by atoms with E-state index in [1.165, 1.54) is 18.2 Å². The van der Waals surface area contributed by atoms with Crippen molar-refractivity contribution < 1.29 is 9.18 Å². The van der Waals surface area contributed by atoms with Gasteiger partial charge in [0.2, 0.25) is 5.91 Å². The molecule has 102 valence electrons. The number of anilines is 1. The van der Waals surface area contributed by atoms with Crippen LogP contribution in [0.25, 0.3) is 0 Å². The molecular weight excluding hydrogens is 243 g/mol. The lowest BCUT2D eigenvalue weighted by atomic mass is 9.89. The highest BCUT2D eigenvalue weighted by atomic mass is 19.1. The summed E-state index contributed by atoms with van der Waals surface area (Å²) in [6.07, 6.45) is 0.712. The number of benzene rings is 1. The fourth-order valence-corrected chi connectivity index (χ4v) is 1.33. The average Bonchev–Trinajstić information content (AvgIpc) is 2.38. The summed E-state index contributed by atoms with van der Waals surface area (Å²) in [5.41, 5.74) is 5.77. The Labute approximate surface area is 113 Å². The molecule has 0 spiro atoms. The first kappa shape index (κ1) is 15.2. The van der Waals surface area contributed by atoms with Gasteiger partial charge in [-0.15, -0.1) is 0 Å². The summed E-state index contributed by atoms with van der Waals surface area (Å²) in [6.45, 7) is 5.85. The summed E-state index contributed by atoms with van der Waals surface area (Å²) in [6, 6.07) is 4.10. The van der Waals surface area contributed by atoms with Crippen molar-refractivity contribution in [3.63, 3.8) is 0 Å². The molecule has 0 aliphatic carbocycles. The Morgan fingerprint density at radius 3 is 2.74 bits per heavy atom. The van der Waals surface area contributed by atoms with Crippen LogP contribution >= 0.6 is 0 Å². The third kappa shape index (κ3) is 4.08. The summed E-state index contributed by atoms with van der Waals surface area (Å²) >= 11 is 0. The largest absolute Gasteiger partial charge is 0.324 e. The molecule has 0 saturated heterocycles. The highest BCUT2D eigenvalue weighted by Crippen LogP contribution is 2.24. The maximum Gasteiger partial charge on any atom is 0.230 e. The molecule has 3 N–H and O–H groups in total. The lowest BCUT2D eigenvalue weighted by Gasteiger charge is -2.22. The van der Waals surface area contributed by atoms with Crippen molar-refractivity contribution in [2.45, 2.75) is 27.2 Å². The lowest BCUT2D eigenvalue weighted by molar-refractivity contribution is -0.124. The van der Waals surface area contributed by atoms with Crippen LogP contribution in [0.3, 0.4) is 0 Å². The third-order valence-corrected chi connectivity index (χ3v) is 3.05. The smallest absolute Gasteiger partial charge is 0.230 e. The van der Waals surface area contributed by atoms with E-state index < -0.39 is 11.2 Å². The number of carbonyl (C=O) groups is 1. The number of nitrogens with one attached hydrogen (secondary N) is 1. The molecule has 0 aliphatic heterocycles. The van der Waals surface area contributed by atoms with Crippen molar-refractivity contribution in [2.75, 3.05) is 11.9 Å². The predicted molar refractivity (Wildman–Crippen MR) is 75.0 cm³/mol. The van der Waals surface area contributed by atoms with E-state index in [9.17, 15) is 9.18 Å². The topological polar surface area (TPSA) is 55.1 Å². The van der Waals surface area contributed by atoms with Gasteiger partial charge < -0.3 is 11.1 Å². The molecule has 1 aromatic carbocycles. The first-order chi connectivity index (χ1) is 8.90. The van der Waals surface area contributed by atoms with Crippen molar-refractivity contribution in [3.8, 4) is 11.8 Å². The van der Waals surface area contributed by atoms with Gasteiger partial charge in [-0.1, -0.05) is 32.6 Å². The third-order valence-electron chi connectivity index (χ3n) is 3.05. The molecule has 19 heavy (non-hydrogen) atoms. The highest BCUT2D eigenvalue weighted by Gasteiger charge is 2.25. The molecule has 4 heteroatoms. The Kier molecular flexibility index (Phi) is 5.08. The Morgan fingerprint density at radius 2 is 2.16 bits per heavy atom. The standard InChI is InChI=1S/C15H19FN2O/c1-4-15(2,3)14(19)18-13-8-7-12(16)10-11(13)6-5-9-17/h7-8,10H,4,9,17H2,1-3H3,(H,18,19). The highest BCUT2D eigenvalue weighted by molar-refractivity contribution is 5.95. The molecule has 0 unspecified atom stereocenters. The van der Waals surface area contributed by atoms with Crippen molar-refractivity contribution >= 4 is 11.6 Å². The van der Waals surface area contributed by atoms with Crippen LogP contribution in [0.5, 0.6) is 0 Å². The summed E-state index contributed by atoms with van der Waals surface area (Å²) < 4.78 is 13.2. The van der Waals surface area contributed by atoms with Crippen LogP contribution in [0.2, 0.25) is 0 Å². The molecule has 1 aromatic rings. The zero-order valence-electron chi connectivity index (χ0n) is 11.5. The number of hydrogen-bond donors (Lipinski definition) is 2. The maximum atomic E-state index is 13.2. The molecule has 0 radical (unpaired) electrons. The molecule has 0 heterocycles. The van der Waals surface area contributed by atoms with E-state index in [0.717, 1.165) is 0 Å². The molecule has 1 amide bonds. The second-order valence-corrected chi connectivity index (χ2v) is 4.89. The number of amides is 1. The van der Waals surface area contributed by atoms with Gasteiger partial charge in [0.05, 0.1) is 17.8 Å². The lowest BCUT2D eigenvalue weighted by Crippen LogP contribution is -2.30. The van der Waals surface area contributed by atoms with Gasteiger partial charge in [-0.25, -0.2) is 4.39 Å². The van der Waals surface area contributed by atoms with Gasteiger partial charge in [-0.05, 0) is 24.6 Å². The van der Waals surface area contributed by atoms with Crippen LogP contribution in [-0.2, 0) is 4.79 Å². The monoisotopic (exact) mass is 262 g/mol. The van der Waals surface area contributed by atoms with E-state index >= 15 is 0 Å². The summed E-state index contributed by atoms with van der Waals surface area (Å²) in [5, 5.41) is 2.79. The van der Waals surface area contributed by atoms with Crippen LogP contribution in [-0.4, -0.2) is 12.5 Å². The van der Waals surface area contributed by atoms with Gasteiger partial charge in [0, 0.05) is 5.41 Å². The number of carbonyl (C=O) groups excluding carboxylic acids is 1. The van der Waals surface area contributed by atoms with Gasteiger partial charge in [0.25, 0.3) is 0 Å². The summed E-state index contributed by atoms with van der Waals surface area (Å²) in [7, 11) is 0. The minimum Gasteiger partial charge on any atom is -0.324 e. The Bertz CT molecular complexity index is 527. The molecule has 0 aliphatic rings. The Hall–Kier alpha value is -1.86. The van der Waals surface area contributed by atoms with E-state index in [4.69, 9.17) is 5.73 Å². The minimum atomic E-state index is -0.479. The zero-order chi connectivity index (χ0) is 14.5. The van der Waals surface area contributed by atoms with Crippen LogP contribution in [0.4, 0.5) is 10.1 Å². The van der Waals surface area contributed by atoms with Gasteiger partial charge >= 0.3 is 0 Å². The van der Waals surface area contributed by atoms with E-state index in [-0.39, 0.29) is 12.5 Å². The van der Waals surface area contributed by atoms with Gasteiger partial charge in [-0.3, -0.25) is 4.79 Å². The fourth-order valence-electron chi connectivity index (χ4n) is 1.33. The molecule has 3 nitrogen and oxygen atoms in total. The van der Waals surface area contributed by atoms with Crippen molar-refractivity contribution in [2.24, 2.45) is 11.1 Å². The quantitative estimate of drug-likeness (QED) is 0.822. The van der Waals surface area contributed by atoms with E-state index in [1.807, 2.05) is 20.8 Å². The fraction of sp³-hybridized carbons (Fsp3) is 0.400. The summed E-state index contributed by atoms with van der Waals surface area (Å²) in [5.74, 6) is 4.91. The summed E-state index contributed by atoms with van der Waals surface area (Å²) in [4.78, 5) is 12.1. The van der Waals surface area contributed by atoms with Crippen LogP contribution in [0.15, 0.2) is 18.2 Å². The number of halogens is 1. The van der Waals surface area contributed by atoms with Crippen molar-refractivity contribution in [3.05, 3.63) is 29.6 Å². The molecule has 0 saturated carbocycles. The molecule has 0 bridgehead atoms.